The molecule has 4 rings (SSSR count). The molecule has 0 radical (unpaired) electrons. The van der Waals surface area contributed by atoms with E-state index in [9.17, 15) is 9.18 Å². The topological polar surface area (TPSA) is 42.0 Å². The number of amides is 1. The number of morpholine rings is 1. The predicted octanol–water partition coefficient (Wildman–Crippen LogP) is 4.15. The van der Waals surface area contributed by atoms with Crippen molar-refractivity contribution in [1.82, 2.24) is 9.80 Å². The number of rotatable bonds is 5. The van der Waals surface area contributed by atoms with Gasteiger partial charge >= 0.3 is 0 Å². The molecule has 2 atom stereocenters. The van der Waals surface area contributed by atoms with Crippen LogP contribution in [0.4, 0.5) is 4.39 Å². The molecule has 7 heteroatoms. The SMILES string of the molecule is COCc1c(C(=O)N2CCC(CN3CC(C)OC(C)C3)CC2)sc2cccc(F)c12. The summed E-state index contributed by atoms with van der Waals surface area (Å²) in [6.07, 6.45) is 2.57. The summed E-state index contributed by atoms with van der Waals surface area (Å²) in [5.41, 5.74) is 0.680. The van der Waals surface area contributed by atoms with Gasteiger partial charge in [0.15, 0.2) is 0 Å². The summed E-state index contributed by atoms with van der Waals surface area (Å²) < 4.78 is 26.4. The average molecular weight is 435 g/mol. The number of halogens is 1. The minimum atomic E-state index is -0.289. The number of piperidine rings is 1. The first-order chi connectivity index (χ1) is 14.5. The molecule has 1 aromatic heterocycles. The molecule has 3 heterocycles. The van der Waals surface area contributed by atoms with E-state index in [0.717, 1.165) is 50.3 Å². The van der Waals surface area contributed by atoms with Crippen LogP contribution < -0.4 is 0 Å². The van der Waals surface area contributed by atoms with Crippen LogP contribution >= 0.6 is 11.3 Å². The first-order valence-electron chi connectivity index (χ1n) is 10.8. The number of carbonyl (C=O) groups excluding carboxylic acids is 1. The van der Waals surface area contributed by atoms with Crippen molar-refractivity contribution >= 4 is 27.3 Å². The van der Waals surface area contributed by atoms with Gasteiger partial charge in [0, 0.05) is 55.5 Å². The number of carbonyl (C=O) groups is 1. The first-order valence-corrected chi connectivity index (χ1v) is 11.6. The Labute approximate surface area is 181 Å². The van der Waals surface area contributed by atoms with Gasteiger partial charge in [-0.2, -0.15) is 0 Å². The van der Waals surface area contributed by atoms with Crippen molar-refractivity contribution < 1.29 is 18.7 Å². The molecule has 2 aliphatic heterocycles. The third-order valence-corrected chi connectivity index (χ3v) is 7.34. The van der Waals surface area contributed by atoms with Gasteiger partial charge in [-0.25, -0.2) is 4.39 Å². The van der Waals surface area contributed by atoms with Crippen LogP contribution in [-0.2, 0) is 16.1 Å². The zero-order chi connectivity index (χ0) is 21.3. The first kappa shape index (κ1) is 21.7. The fraction of sp³-hybridized carbons (Fsp3) is 0.609. The lowest BCUT2D eigenvalue weighted by atomic mass is 9.95. The van der Waals surface area contributed by atoms with E-state index < -0.39 is 0 Å². The minimum Gasteiger partial charge on any atom is -0.380 e. The third kappa shape index (κ3) is 4.54. The molecule has 2 aliphatic rings. The highest BCUT2D eigenvalue weighted by Crippen LogP contribution is 2.35. The highest BCUT2D eigenvalue weighted by Gasteiger charge is 2.30. The molecule has 2 saturated heterocycles. The van der Waals surface area contributed by atoms with Crippen molar-refractivity contribution in [2.45, 2.75) is 45.5 Å². The summed E-state index contributed by atoms with van der Waals surface area (Å²) in [6.45, 7) is 9.05. The van der Waals surface area contributed by atoms with Crippen LogP contribution in [0.2, 0.25) is 0 Å². The Bertz CT molecular complexity index is 884. The Kier molecular flexibility index (Phi) is 6.72. The highest BCUT2D eigenvalue weighted by molar-refractivity contribution is 7.21. The van der Waals surface area contributed by atoms with Crippen molar-refractivity contribution in [2.75, 3.05) is 39.8 Å². The number of likely N-dealkylation sites (tertiary alicyclic amines) is 1. The van der Waals surface area contributed by atoms with Crippen LogP contribution in [0.25, 0.3) is 10.1 Å². The van der Waals surface area contributed by atoms with Gasteiger partial charge in [0.05, 0.1) is 23.7 Å². The van der Waals surface area contributed by atoms with Crippen LogP contribution in [-0.4, -0.2) is 67.7 Å². The van der Waals surface area contributed by atoms with Crippen LogP contribution in [0.3, 0.4) is 0 Å². The second kappa shape index (κ2) is 9.30. The Balaban J connectivity index is 1.42. The van der Waals surface area contributed by atoms with Crippen LogP contribution in [0.15, 0.2) is 18.2 Å². The van der Waals surface area contributed by atoms with Gasteiger partial charge in [-0.05, 0) is 44.7 Å². The van der Waals surface area contributed by atoms with E-state index >= 15 is 0 Å². The fourth-order valence-electron chi connectivity index (χ4n) is 4.88. The number of methoxy groups -OCH3 is 1. The molecule has 5 nitrogen and oxygen atoms in total. The average Bonchev–Trinajstić information content (AvgIpc) is 3.07. The summed E-state index contributed by atoms with van der Waals surface area (Å²) in [7, 11) is 1.58. The number of hydrogen-bond acceptors (Lipinski definition) is 5. The number of hydrogen-bond donors (Lipinski definition) is 0. The van der Waals surface area contributed by atoms with E-state index in [2.05, 4.69) is 18.7 Å². The molecule has 2 fully saturated rings. The summed E-state index contributed by atoms with van der Waals surface area (Å²) in [5, 5.41) is 0.526. The highest BCUT2D eigenvalue weighted by atomic mass is 32.1. The third-order valence-electron chi connectivity index (χ3n) is 6.16. The zero-order valence-electron chi connectivity index (χ0n) is 18.0. The van der Waals surface area contributed by atoms with Gasteiger partial charge < -0.3 is 14.4 Å². The van der Waals surface area contributed by atoms with Gasteiger partial charge in [0.25, 0.3) is 5.91 Å². The van der Waals surface area contributed by atoms with E-state index in [4.69, 9.17) is 9.47 Å². The lowest BCUT2D eigenvalue weighted by Crippen LogP contribution is -2.48. The van der Waals surface area contributed by atoms with Crippen LogP contribution in [0.1, 0.15) is 41.9 Å². The zero-order valence-corrected chi connectivity index (χ0v) is 18.8. The van der Waals surface area contributed by atoms with Gasteiger partial charge in [-0.15, -0.1) is 11.3 Å². The van der Waals surface area contributed by atoms with Gasteiger partial charge in [-0.3, -0.25) is 9.69 Å². The monoisotopic (exact) mass is 434 g/mol. The van der Waals surface area contributed by atoms with Crippen LogP contribution in [0.5, 0.6) is 0 Å². The molecule has 0 saturated carbocycles. The van der Waals surface area contributed by atoms with E-state index in [1.807, 2.05) is 11.0 Å². The molecule has 2 aromatic rings. The van der Waals surface area contributed by atoms with Gasteiger partial charge in [0.2, 0.25) is 0 Å². The number of ether oxygens (including phenoxy) is 2. The summed E-state index contributed by atoms with van der Waals surface area (Å²) in [6, 6.07) is 5.01. The van der Waals surface area contributed by atoms with E-state index in [1.54, 1.807) is 13.2 Å². The van der Waals surface area contributed by atoms with E-state index in [0.29, 0.717) is 21.7 Å². The van der Waals surface area contributed by atoms with Crippen molar-refractivity contribution in [3.8, 4) is 0 Å². The van der Waals surface area contributed by atoms with E-state index in [1.165, 1.54) is 17.4 Å². The number of thiophene rings is 1. The quantitative estimate of drug-likeness (QED) is 0.709. The van der Waals surface area contributed by atoms with Crippen molar-refractivity contribution in [2.24, 2.45) is 5.92 Å². The molecular formula is C23H31FN2O3S. The standard InChI is InChI=1S/C23H31FN2O3S/c1-15-11-25(12-16(2)29-15)13-17-7-9-26(10-8-17)23(27)22-18(14-28-3)21-19(24)5-4-6-20(21)30-22/h4-6,15-17H,7-14H2,1-3H3. The second-order valence-electron chi connectivity index (χ2n) is 8.67. The molecule has 1 aromatic carbocycles. The Morgan fingerprint density at radius 2 is 1.93 bits per heavy atom. The summed E-state index contributed by atoms with van der Waals surface area (Å²) in [5.74, 6) is 0.321. The lowest BCUT2D eigenvalue weighted by molar-refractivity contribution is -0.0728. The maximum absolute atomic E-state index is 14.4. The number of fused-ring (bicyclic) bond motifs is 1. The smallest absolute Gasteiger partial charge is 0.264 e. The molecule has 1 amide bonds. The summed E-state index contributed by atoms with van der Waals surface area (Å²) in [4.78, 5) is 18.3. The molecule has 164 valence electrons. The predicted molar refractivity (Wildman–Crippen MR) is 118 cm³/mol. The Hall–Kier alpha value is -1.54. The largest absolute Gasteiger partial charge is 0.380 e. The molecular weight excluding hydrogens is 403 g/mol. The van der Waals surface area contributed by atoms with Gasteiger partial charge in [-0.1, -0.05) is 6.07 Å². The maximum atomic E-state index is 14.4. The normalized spacial score (nSPS) is 23.9. The lowest BCUT2D eigenvalue weighted by Gasteiger charge is -2.39. The Morgan fingerprint density at radius 1 is 1.23 bits per heavy atom. The summed E-state index contributed by atoms with van der Waals surface area (Å²) >= 11 is 1.38. The molecule has 2 unspecified atom stereocenters. The second-order valence-corrected chi connectivity index (χ2v) is 9.72. The van der Waals surface area contributed by atoms with Gasteiger partial charge in [0.1, 0.15) is 5.82 Å². The molecule has 0 aliphatic carbocycles. The molecule has 30 heavy (non-hydrogen) atoms. The van der Waals surface area contributed by atoms with Crippen LogP contribution in [0, 0.1) is 11.7 Å². The molecule has 0 bridgehead atoms. The van der Waals surface area contributed by atoms with Crippen molar-refractivity contribution in [3.63, 3.8) is 0 Å². The fourth-order valence-corrected chi connectivity index (χ4v) is 6.07. The maximum Gasteiger partial charge on any atom is 0.264 e. The molecule has 0 spiro atoms. The molecule has 0 N–H and O–H groups in total. The number of nitrogens with zero attached hydrogens (tertiary/aromatic N) is 2. The van der Waals surface area contributed by atoms with Crippen molar-refractivity contribution in [3.05, 3.63) is 34.5 Å². The minimum absolute atomic E-state index is 0.00900. The van der Waals surface area contributed by atoms with Crippen molar-refractivity contribution in [1.29, 1.82) is 0 Å². The Morgan fingerprint density at radius 3 is 2.60 bits per heavy atom. The number of benzene rings is 1. The van der Waals surface area contributed by atoms with E-state index in [-0.39, 0.29) is 30.5 Å².